The molecule has 1 aliphatic rings. The Morgan fingerprint density at radius 2 is 1.95 bits per heavy atom. The van der Waals surface area contributed by atoms with Crippen molar-refractivity contribution in [2.45, 2.75) is 6.42 Å². The topological polar surface area (TPSA) is 55.8 Å². The molecule has 0 N–H and O–H groups in total. The standard InChI is InChI=1S/C14H17NO4S/c16-13(5-10-20)19-12-4-2-1-3-11(12)14(17)15-6-8-18-9-7-15/h1-4,20H,5-10H2. The number of carbonyl (C=O) groups excluding carboxylic acids is 2. The van der Waals surface area contributed by atoms with Gasteiger partial charge in [-0.05, 0) is 12.1 Å². The quantitative estimate of drug-likeness (QED) is 0.518. The Morgan fingerprint density at radius 1 is 1.25 bits per heavy atom. The van der Waals surface area contributed by atoms with E-state index in [4.69, 9.17) is 9.47 Å². The third-order valence-corrected chi connectivity index (χ3v) is 3.18. The molecular formula is C14H17NO4S. The van der Waals surface area contributed by atoms with Gasteiger partial charge in [-0.1, -0.05) is 12.1 Å². The first-order chi connectivity index (χ1) is 9.72. The van der Waals surface area contributed by atoms with E-state index in [1.165, 1.54) is 0 Å². The number of nitrogens with zero attached hydrogens (tertiary/aromatic N) is 1. The van der Waals surface area contributed by atoms with Crippen molar-refractivity contribution in [2.75, 3.05) is 32.1 Å². The van der Waals surface area contributed by atoms with E-state index in [1.54, 1.807) is 29.2 Å². The Balaban J connectivity index is 2.14. The van der Waals surface area contributed by atoms with Crippen LogP contribution in [0.25, 0.3) is 0 Å². The molecule has 1 amide bonds. The van der Waals surface area contributed by atoms with E-state index in [-0.39, 0.29) is 18.3 Å². The van der Waals surface area contributed by atoms with Gasteiger partial charge in [0.25, 0.3) is 5.91 Å². The summed E-state index contributed by atoms with van der Waals surface area (Å²) < 4.78 is 10.5. The molecule has 1 aromatic carbocycles. The van der Waals surface area contributed by atoms with Crippen LogP contribution in [0.15, 0.2) is 24.3 Å². The van der Waals surface area contributed by atoms with E-state index in [0.717, 1.165) is 0 Å². The van der Waals surface area contributed by atoms with Gasteiger partial charge < -0.3 is 14.4 Å². The van der Waals surface area contributed by atoms with E-state index in [1.807, 2.05) is 0 Å². The van der Waals surface area contributed by atoms with Gasteiger partial charge in [-0.2, -0.15) is 12.6 Å². The molecule has 5 nitrogen and oxygen atoms in total. The van der Waals surface area contributed by atoms with E-state index in [0.29, 0.717) is 43.4 Å². The van der Waals surface area contributed by atoms with Crippen molar-refractivity contribution in [3.05, 3.63) is 29.8 Å². The molecule has 1 saturated heterocycles. The summed E-state index contributed by atoms with van der Waals surface area (Å²) >= 11 is 3.99. The minimum absolute atomic E-state index is 0.137. The summed E-state index contributed by atoms with van der Waals surface area (Å²) in [5.41, 5.74) is 0.405. The number of hydrogen-bond donors (Lipinski definition) is 1. The molecule has 1 heterocycles. The molecule has 0 saturated carbocycles. The van der Waals surface area contributed by atoms with Gasteiger partial charge in [0, 0.05) is 18.8 Å². The lowest BCUT2D eigenvalue weighted by atomic mass is 10.1. The zero-order valence-corrected chi connectivity index (χ0v) is 12.0. The third-order valence-electron chi connectivity index (χ3n) is 2.96. The van der Waals surface area contributed by atoms with E-state index in [2.05, 4.69) is 12.6 Å². The lowest BCUT2D eigenvalue weighted by Crippen LogP contribution is -2.40. The molecule has 20 heavy (non-hydrogen) atoms. The molecule has 0 aromatic heterocycles. The Kier molecular flexibility index (Phi) is 5.43. The number of para-hydroxylation sites is 1. The van der Waals surface area contributed by atoms with Crippen LogP contribution in [-0.4, -0.2) is 48.8 Å². The zero-order chi connectivity index (χ0) is 14.4. The second-order valence-electron chi connectivity index (χ2n) is 4.35. The smallest absolute Gasteiger partial charge is 0.312 e. The fraction of sp³-hybridized carbons (Fsp3) is 0.429. The van der Waals surface area contributed by atoms with Crippen LogP contribution in [0.5, 0.6) is 5.75 Å². The molecule has 0 atom stereocenters. The van der Waals surface area contributed by atoms with Crippen molar-refractivity contribution in [3.8, 4) is 5.75 Å². The van der Waals surface area contributed by atoms with Crippen LogP contribution < -0.4 is 4.74 Å². The fourth-order valence-electron chi connectivity index (χ4n) is 1.93. The molecule has 1 aromatic rings. The average Bonchev–Trinajstić information content (AvgIpc) is 2.48. The SMILES string of the molecule is O=C(CCS)Oc1ccccc1C(=O)N1CCOCC1. The molecule has 0 aliphatic carbocycles. The van der Waals surface area contributed by atoms with Crippen LogP contribution >= 0.6 is 12.6 Å². The molecule has 0 bridgehead atoms. The van der Waals surface area contributed by atoms with Crippen LogP contribution in [-0.2, 0) is 9.53 Å². The lowest BCUT2D eigenvalue weighted by Gasteiger charge is -2.27. The van der Waals surface area contributed by atoms with Crippen molar-refractivity contribution >= 4 is 24.5 Å². The monoisotopic (exact) mass is 295 g/mol. The highest BCUT2D eigenvalue weighted by molar-refractivity contribution is 7.80. The summed E-state index contributed by atoms with van der Waals surface area (Å²) in [6.07, 6.45) is 0.211. The van der Waals surface area contributed by atoms with Gasteiger partial charge >= 0.3 is 5.97 Å². The maximum absolute atomic E-state index is 12.4. The van der Waals surface area contributed by atoms with E-state index < -0.39 is 0 Å². The second kappa shape index (κ2) is 7.31. The zero-order valence-electron chi connectivity index (χ0n) is 11.1. The van der Waals surface area contributed by atoms with Gasteiger partial charge in [0.15, 0.2) is 0 Å². The van der Waals surface area contributed by atoms with Gasteiger partial charge in [-0.15, -0.1) is 0 Å². The van der Waals surface area contributed by atoms with Crippen LogP contribution in [0.4, 0.5) is 0 Å². The number of amides is 1. The maximum Gasteiger partial charge on any atom is 0.312 e. The van der Waals surface area contributed by atoms with Gasteiger partial charge in [-0.25, -0.2) is 0 Å². The van der Waals surface area contributed by atoms with Crippen molar-refractivity contribution in [1.29, 1.82) is 0 Å². The maximum atomic E-state index is 12.4. The number of ether oxygens (including phenoxy) is 2. The van der Waals surface area contributed by atoms with Gasteiger partial charge in [-0.3, -0.25) is 9.59 Å². The predicted octanol–water partition coefficient (Wildman–Crippen LogP) is 1.38. The Hall–Kier alpha value is -1.53. The van der Waals surface area contributed by atoms with Gasteiger partial charge in [0.05, 0.1) is 25.2 Å². The van der Waals surface area contributed by atoms with Crippen LogP contribution in [0.3, 0.4) is 0 Å². The fourth-order valence-corrected chi connectivity index (χ4v) is 2.12. The number of thiol groups is 1. The summed E-state index contributed by atoms with van der Waals surface area (Å²) in [7, 11) is 0. The first kappa shape index (κ1) is 14.9. The number of hydrogen-bond acceptors (Lipinski definition) is 5. The first-order valence-electron chi connectivity index (χ1n) is 6.50. The second-order valence-corrected chi connectivity index (χ2v) is 4.80. The first-order valence-corrected chi connectivity index (χ1v) is 7.13. The molecular weight excluding hydrogens is 278 g/mol. The van der Waals surface area contributed by atoms with Crippen LogP contribution in [0, 0.1) is 0 Å². The van der Waals surface area contributed by atoms with Gasteiger partial charge in [0.1, 0.15) is 5.75 Å². The summed E-state index contributed by atoms with van der Waals surface area (Å²) in [6, 6.07) is 6.79. The highest BCUT2D eigenvalue weighted by Gasteiger charge is 2.22. The van der Waals surface area contributed by atoms with Crippen LogP contribution in [0.1, 0.15) is 16.8 Å². The Labute approximate surface area is 123 Å². The Morgan fingerprint density at radius 3 is 2.65 bits per heavy atom. The summed E-state index contributed by atoms with van der Waals surface area (Å²) in [6.45, 7) is 2.18. The normalized spacial score (nSPS) is 14.9. The number of benzene rings is 1. The number of carbonyl (C=O) groups is 2. The van der Waals surface area contributed by atoms with Crippen molar-refractivity contribution in [3.63, 3.8) is 0 Å². The largest absolute Gasteiger partial charge is 0.426 e. The average molecular weight is 295 g/mol. The predicted molar refractivity (Wildman–Crippen MR) is 77.3 cm³/mol. The number of morpholine rings is 1. The molecule has 0 spiro atoms. The molecule has 108 valence electrons. The molecule has 0 radical (unpaired) electrons. The molecule has 1 aliphatic heterocycles. The van der Waals surface area contributed by atoms with E-state index in [9.17, 15) is 9.59 Å². The van der Waals surface area contributed by atoms with Gasteiger partial charge in [0.2, 0.25) is 0 Å². The van der Waals surface area contributed by atoms with Crippen LogP contribution in [0.2, 0.25) is 0 Å². The number of esters is 1. The molecule has 1 fully saturated rings. The molecule has 0 unspecified atom stereocenters. The highest BCUT2D eigenvalue weighted by atomic mass is 32.1. The molecule has 6 heteroatoms. The minimum atomic E-state index is -0.387. The third kappa shape index (κ3) is 3.74. The summed E-state index contributed by atoms with van der Waals surface area (Å²) in [5, 5.41) is 0. The van der Waals surface area contributed by atoms with Crippen molar-refractivity contribution < 1.29 is 19.1 Å². The Bertz CT molecular complexity index is 486. The van der Waals surface area contributed by atoms with Crippen molar-refractivity contribution in [1.82, 2.24) is 4.90 Å². The summed E-state index contributed by atoms with van der Waals surface area (Å²) in [5.74, 6) is 0.193. The highest BCUT2D eigenvalue weighted by Crippen LogP contribution is 2.21. The molecule has 2 rings (SSSR count). The minimum Gasteiger partial charge on any atom is -0.426 e. The summed E-state index contributed by atoms with van der Waals surface area (Å²) in [4.78, 5) is 25.7. The van der Waals surface area contributed by atoms with Crippen molar-refractivity contribution in [2.24, 2.45) is 0 Å². The number of rotatable bonds is 4. The lowest BCUT2D eigenvalue weighted by molar-refractivity contribution is -0.133. The van der Waals surface area contributed by atoms with E-state index >= 15 is 0 Å².